The number of nitriles is 1. The molecule has 4 atom stereocenters. The summed E-state index contributed by atoms with van der Waals surface area (Å²) in [6, 6.07) is 4.56. The zero-order valence-electron chi connectivity index (χ0n) is 24.1. The van der Waals surface area contributed by atoms with Gasteiger partial charge in [-0.3, -0.25) is 24.4 Å². The second-order valence-electron chi connectivity index (χ2n) is 11.1. The standard InChI is InChI=1S/C29H27F8N5O3S/c1-18(19-6-4-3-5-7-19)40-26(43)25(22-15-39-13-12-23(22)29(30,31)32)42(27(44)24-14-28(2,45)16-41(24)17-38)20-8-10-21(11-9-20)46(33,34,35,36)37/h3-13,15,18,24-25,45H,14,16H2,1-2H3,(H,40,43). The SMILES string of the molecule is CC(NC(=O)C(c1cnccc1C(F)(F)F)N(C(=O)C1CC(C)(O)CN1C#N)c1ccc(S(F)(F)(F)(F)F)cc1)c1ccccc1. The van der Waals surface area contributed by atoms with Crippen LogP contribution in [-0.4, -0.2) is 45.0 Å². The van der Waals surface area contributed by atoms with Crippen molar-refractivity contribution < 1.29 is 47.3 Å². The Balaban J connectivity index is 1.96. The number of rotatable bonds is 8. The third-order valence-corrected chi connectivity index (χ3v) is 8.51. The van der Waals surface area contributed by atoms with Crippen LogP contribution in [0.3, 0.4) is 0 Å². The predicted octanol–water partition coefficient (Wildman–Crippen LogP) is 7.02. The number of amides is 2. The van der Waals surface area contributed by atoms with Crippen LogP contribution in [0, 0.1) is 11.5 Å². The molecule has 3 aromatic rings. The maximum absolute atomic E-state index is 14.3. The van der Waals surface area contributed by atoms with Gasteiger partial charge in [-0.25, -0.2) is 0 Å². The first kappa shape index (κ1) is 34.4. The summed E-state index contributed by atoms with van der Waals surface area (Å²) in [5.74, 6) is -2.52. The first-order valence-electron chi connectivity index (χ1n) is 13.4. The van der Waals surface area contributed by atoms with Gasteiger partial charge < -0.3 is 10.4 Å². The molecule has 248 valence electrons. The minimum absolute atomic E-state index is 0.0560. The predicted molar refractivity (Wildman–Crippen MR) is 152 cm³/mol. The van der Waals surface area contributed by atoms with Gasteiger partial charge in [-0.15, -0.1) is 0 Å². The van der Waals surface area contributed by atoms with Crippen LogP contribution in [-0.2, 0) is 15.8 Å². The molecule has 2 aromatic carbocycles. The number of nitrogens with one attached hydrogen (secondary N) is 1. The molecule has 1 aliphatic rings. The Hall–Kier alpha value is -4.43. The highest BCUT2D eigenvalue weighted by Crippen LogP contribution is 3.02. The number of hydrogen-bond acceptors (Lipinski definition) is 6. The van der Waals surface area contributed by atoms with E-state index in [-0.39, 0.29) is 12.1 Å². The topological polar surface area (TPSA) is 110 Å². The Morgan fingerprint density at radius 2 is 1.70 bits per heavy atom. The van der Waals surface area contributed by atoms with Crippen molar-refractivity contribution in [2.45, 2.75) is 55.1 Å². The van der Waals surface area contributed by atoms with Gasteiger partial charge in [-0.1, -0.05) is 49.8 Å². The molecule has 2 amide bonds. The quantitative estimate of drug-likeness (QED) is 0.196. The van der Waals surface area contributed by atoms with E-state index in [1.54, 1.807) is 36.5 Å². The fourth-order valence-corrected chi connectivity index (χ4v) is 5.87. The van der Waals surface area contributed by atoms with Gasteiger partial charge in [0, 0.05) is 30.1 Å². The van der Waals surface area contributed by atoms with Crippen LogP contribution < -0.4 is 10.2 Å². The Bertz CT molecular complexity index is 1660. The van der Waals surface area contributed by atoms with Crippen molar-refractivity contribution in [2.24, 2.45) is 0 Å². The number of halogens is 8. The fourth-order valence-electron chi connectivity index (χ4n) is 5.22. The van der Waals surface area contributed by atoms with E-state index < -0.39 is 86.6 Å². The van der Waals surface area contributed by atoms with Crippen molar-refractivity contribution in [3.8, 4) is 6.19 Å². The molecular weight excluding hydrogens is 650 g/mol. The minimum Gasteiger partial charge on any atom is -0.388 e. The molecule has 1 aromatic heterocycles. The maximum Gasteiger partial charge on any atom is 0.416 e. The van der Waals surface area contributed by atoms with E-state index in [0.29, 0.717) is 34.9 Å². The Labute approximate surface area is 258 Å². The molecule has 1 fully saturated rings. The molecule has 0 aliphatic carbocycles. The number of hydrogen-bond donors (Lipinski definition) is 2. The largest absolute Gasteiger partial charge is 0.416 e. The number of anilines is 1. The average molecular weight is 678 g/mol. The number of carbonyl (C=O) groups excluding carboxylic acids is 2. The van der Waals surface area contributed by atoms with Crippen molar-refractivity contribution in [1.29, 1.82) is 5.26 Å². The smallest absolute Gasteiger partial charge is 0.388 e. The van der Waals surface area contributed by atoms with Crippen molar-refractivity contribution in [3.63, 3.8) is 0 Å². The molecule has 0 bridgehead atoms. The molecule has 0 spiro atoms. The molecule has 46 heavy (non-hydrogen) atoms. The lowest BCUT2D eigenvalue weighted by Gasteiger charge is -2.41. The number of carbonyl (C=O) groups is 2. The van der Waals surface area contributed by atoms with Crippen molar-refractivity contribution in [2.75, 3.05) is 11.4 Å². The number of pyridine rings is 1. The van der Waals surface area contributed by atoms with Crippen molar-refractivity contribution in [3.05, 3.63) is 89.7 Å². The molecule has 4 rings (SSSR count). The maximum atomic E-state index is 14.3. The fraction of sp³-hybridized carbons (Fsp3) is 0.310. The van der Waals surface area contributed by atoms with Crippen LogP contribution in [0.2, 0.25) is 0 Å². The number of aromatic nitrogens is 1. The summed E-state index contributed by atoms with van der Waals surface area (Å²) in [7, 11) is -10.2. The number of nitrogens with zero attached hydrogens (tertiary/aromatic N) is 4. The van der Waals surface area contributed by atoms with Gasteiger partial charge in [0.1, 0.15) is 17.0 Å². The first-order chi connectivity index (χ1) is 21.0. The molecular formula is C29H27F8N5O3S. The summed E-state index contributed by atoms with van der Waals surface area (Å²) in [6.45, 7) is 2.35. The minimum atomic E-state index is -10.2. The van der Waals surface area contributed by atoms with Crippen LogP contribution in [0.1, 0.15) is 49.0 Å². The summed E-state index contributed by atoms with van der Waals surface area (Å²) in [4.78, 5) is 30.8. The van der Waals surface area contributed by atoms with Crippen molar-refractivity contribution >= 4 is 27.7 Å². The summed E-state index contributed by atoms with van der Waals surface area (Å²) in [5.41, 5.74) is -4.17. The van der Waals surface area contributed by atoms with Gasteiger partial charge >= 0.3 is 16.4 Å². The van der Waals surface area contributed by atoms with E-state index >= 15 is 0 Å². The van der Waals surface area contributed by atoms with Gasteiger partial charge in [0.2, 0.25) is 5.91 Å². The van der Waals surface area contributed by atoms with Crippen LogP contribution in [0.15, 0.2) is 78.0 Å². The summed E-state index contributed by atoms with van der Waals surface area (Å²) in [6.07, 6.45) is -2.49. The number of likely N-dealkylation sites (tertiary alicyclic amines) is 1. The summed E-state index contributed by atoms with van der Waals surface area (Å²) >= 11 is 0. The average Bonchev–Trinajstić information content (AvgIpc) is 3.28. The molecule has 2 N–H and O–H groups in total. The van der Waals surface area contributed by atoms with Crippen LogP contribution in [0.25, 0.3) is 0 Å². The normalized spacial score (nSPS) is 21.3. The Morgan fingerprint density at radius 1 is 1.09 bits per heavy atom. The molecule has 0 saturated carbocycles. The molecule has 4 unspecified atom stereocenters. The highest BCUT2D eigenvalue weighted by molar-refractivity contribution is 8.45. The van der Waals surface area contributed by atoms with E-state index in [9.17, 15) is 52.6 Å². The van der Waals surface area contributed by atoms with E-state index in [2.05, 4.69) is 10.3 Å². The van der Waals surface area contributed by atoms with Gasteiger partial charge in [0.25, 0.3) is 5.91 Å². The highest BCUT2D eigenvalue weighted by atomic mass is 32.5. The molecule has 17 heteroatoms. The molecule has 1 aliphatic heterocycles. The van der Waals surface area contributed by atoms with E-state index in [0.717, 1.165) is 11.1 Å². The first-order valence-corrected chi connectivity index (χ1v) is 15.4. The van der Waals surface area contributed by atoms with Gasteiger partial charge in [-0.05, 0) is 49.7 Å². The van der Waals surface area contributed by atoms with Crippen molar-refractivity contribution in [1.82, 2.24) is 15.2 Å². The molecule has 8 nitrogen and oxygen atoms in total. The monoisotopic (exact) mass is 677 g/mol. The number of benzene rings is 2. The summed E-state index contributed by atoms with van der Waals surface area (Å²) in [5, 5.41) is 22.8. The third-order valence-electron chi connectivity index (χ3n) is 7.35. The second kappa shape index (κ2) is 11.1. The van der Waals surface area contributed by atoms with Gasteiger partial charge in [0.15, 0.2) is 6.19 Å². The molecule has 1 saturated heterocycles. The number of aliphatic hydroxyl groups is 1. The second-order valence-corrected chi connectivity index (χ2v) is 13.5. The number of β-amino-alcohol motifs (C(OH)–C–C–N with tert-alkyl or cyclic N) is 1. The van der Waals surface area contributed by atoms with Gasteiger partial charge in [0.05, 0.1) is 23.8 Å². The van der Waals surface area contributed by atoms with E-state index in [4.69, 9.17) is 0 Å². The van der Waals surface area contributed by atoms with Crippen LogP contribution >= 0.6 is 10.2 Å². The third kappa shape index (κ3) is 7.50. The lowest BCUT2D eigenvalue weighted by atomic mass is 9.96. The zero-order chi connectivity index (χ0) is 34.4. The molecule has 2 heterocycles. The van der Waals surface area contributed by atoms with E-state index in [1.807, 2.05) is 0 Å². The highest BCUT2D eigenvalue weighted by Gasteiger charge is 2.65. The van der Waals surface area contributed by atoms with Crippen LogP contribution in [0.5, 0.6) is 0 Å². The zero-order valence-corrected chi connectivity index (χ0v) is 24.9. The lowest BCUT2D eigenvalue weighted by molar-refractivity contribution is -0.139. The van der Waals surface area contributed by atoms with Gasteiger partial charge in [-0.2, -0.15) is 18.4 Å². The van der Waals surface area contributed by atoms with E-state index in [1.165, 1.54) is 13.8 Å². The Kier molecular flexibility index (Phi) is 8.33. The lowest BCUT2D eigenvalue weighted by Crippen LogP contribution is -2.51. The Morgan fingerprint density at radius 3 is 2.24 bits per heavy atom. The van der Waals surface area contributed by atoms with Crippen LogP contribution in [0.4, 0.5) is 38.3 Å². The molecule has 0 radical (unpaired) electrons. The number of alkyl halides is 3. The summed E-state index contributed by atoms with van der Waals surface area (Å²) < 4.78 is 111.